The molecule has 12 heavy (non-hydrogen) atoms. The first-order valence-electron chi connectivity index (χ1n) is 3.25. The molecule has 66 valence electrons. The Bertz CT molecular complexity index is 248. The van der Waals surface area contributed by atoms with Gasteiger partial charge in [-0.1, -0.05) is 0 Å². The third-order valence-corrected chi connectivity index (χ3v) is 1.71. The minimum Gasteiger partial charge on any atom is -0.481 e. The maximum Gasteiger partial charge on any atom is 0.407 e. The summed E-state index contributed by atoms with van der Waals surface area (Å²) in [5.74, 6) is -2.99. The number of rotatable bonds is 1. The van der Waals surface area contributed by atoms with Crippen molar-refractivity contribution in [1.29, 1.82) is 0 Å². The van der Waals surface area contributed by atoms with Gasteiger partial charge in [-0.25, -0.2) is 4.79 Å². The Kier molecular flexibility index (Phi) is 1.99. The van der Waals surface area contributed by atoms with E-state index in [9.17, 15) is 14.4 Å². The maximum atomic E-state index is 10.8. The van der Waals surface area contributed by atoms with Crippen molar-refractivity contribution < 1.29 is 24.6 Å². The number of aliphatic carboxylic acids is 1. The molecule has 1 amide bonds. The van der Waals surface area contributed by atoms with Crippen LogP contribution in [-0.2, 0) is 9.59 Å². The second-order valence-corrected chi connectivity index (χ2v) is 2.52. The number of carboxylic acid groups (broad SMARTS) is 2. The Hall–Kier alpha value is -1.59. The van der Waals surface area contributed by atoms with E-state index in [1.165, 1.54) is 0 Å². The number of hydrogen-bond acceptors (Lipinski definition) is 3. The van der Waals surface area contributed by atoms with E-state index in [0.29, 0.717) is 0 Å². The molecule has 1 aliphatic rings. The van der Waals surface area contributed by atoms with Gasteiger partial charge in [-0.2, -0.15) is 0 Å². The summed E-state index contributed by atoms with van der Waals surface area (Å²) in [5.41, 5.74) is 0. The van der Waals surface area contributed by atoms with E-state index in [0.717, 1.165) is 4.90 Å². The zero-order valence-electron chi connectivity index (χ0n) is 6.06. The molecule has 0 aromatic carbocycles. The summed E-state index contributed by atoms with van der Waals surface area (Å²) in [6, 6.07) is 0. The van der Waals surface area contributed by atoms with Gasteiger partial charge >= 0.3 is 12.1 Å². The van der Waals surface area contributed by atoms with E-state index in [-0.39, 0.29) is 13.1 Å². The lowest BCUT2D eigenvalue weighted by Gasteiger charge is -2.07. The van der Waals surface area contributed by atoms with Crippen molar-refractivity contribution >= 4 is 17.8 Å². The van der Waals surface area contributed by atoms with Crippen LogP contribution in [0.15, 0.2) is 0 Å². The number of likely N-dealkylation sites (tertiary alicyclic amines) is 1. The lowest BCUT2D eigenvalue weighted by molar-refractivity contribution is -0.144. The normalized spacial score (nSPS) is 22.8. The lowest BCUT2D eigenvalue weighted by atomic mass is 10.1. The number of Topliss-reactive ketones (excluding diaryl/α,β-unsaturated/α-hetero) is 1. The molecule has 1 saturated heterocycles. The number of amides is 1. The Balaban J connectivity index is 2.68. The minimum atomic E-state index is -1.26. The predicted octanol–water partition coefficient (Wildman–Crippen LogP) is -0.750. The molecular formula is C6H7NO5. The van der Waals surface area contributed by atoms with E-state index in [2.05, 4.69) is 0 Å². The van der Waals surface area contributed by atoms with Gasteiger partial charge in [0.2, 0.25) is 0 Å². The first kappa shape index (κ1) is 8.51. The summed E-state index contributed by atoms with van der Waals surface area (Å²) in [5, 5.41) is 16.9. The molecule has 0 spiro atoms. The highest BCUT2D eigenvalue weighted by Gasteiger charge is 2.38. The van der Waals surface area contributed by atoms with Gasteiger partial charge in [0.15, 0.2) is 5.78 Å². The van der Waals surface area contributed by atoms with Gasteiger partial charge < -0.3 is 10.2 Å². The highest BCUT2D eigenvalue weighted by Crippen LogP contribution is 2.12. The van der Waals surface area contributed by atoms with Crippen LogP contribution >= 0.6 is 0 Å². The molecule has 0 radical (unpaired) electrons. The SMILES string of the molecule is O=C(O)C1CN(C(=O)O)CC1=O. The van der Waals surface area contributed by atoms with Gasteiger partial charge in [0.1, 0.15) is 5.92 Å². The summed E-state index contributed by atoms with van der Waals surface area (Å²) in [4.78, 5) is 32.3. The van der Waals surface area contributed by atoms with Crippen LogP contribution in [0.25, 0.3) is 0 Å². The van der Waals surface area contributed by atoms with Crippen LogP contribution in [0, 0.1) is 5.92 Å². The number of hydrogen-bond donors (Lipinski definition) is 2. The van der Waals surface area contributed by atoms with Crippen molar-refractivity contribution in [1.82, 2.24) is 4.90 Å². The molecule has 1 atom stereocenters. The molecule has 2 N–H and O–H groups in total. The monoisotopic (exact) mass is 173 g/mol. The van der Waals surface area contributed by atoms with E-state index in [1.54, 1.807) is 0 Å². The lowest BCUT2D eigenvalue weighted by Crippen LogP contribution is -2.28. The molecule has 0 bridgehead atoms. The van der Waals surface area contributed by atoms with Gasteiger partial charge in [-0.15, -0.1) is 0 Å². The fourth-order valence-corrected chi connectivity index (χ4v) is 1.05. The highest BCUT2D eigenvalue weighted by atomic mass is 16.4. The standard InChI is InChI=1S/C6H7NO5/c8-4-2-7(6(11)12)1-3(4)5(9)10/h3H,1-2H2,(H,9,10)(H,11,12). The largest absolute Gasteiger partial charge is 0.481 e. The quantitative estimate of drug-likeness (QED) is 0.508. The van der Waals surface area contributed by atoms with Crippen LogP contribution in [0.5, 0.6) is 0 Å². The Morgan fingerprint density at radius 2 is 2.00 bits per heavy atom. The van der Waals surface area contributed by atoms with Gasteiger partial charge in [0, 0.05) is 6.54 Å². The minimum absolute atomic E-state index is 0.233. The van der Waals surface area contributed by atoms with Crippen LogP contribution in [-0.4, -0.2) is 46.0 Å². The van der Waals surface area contributed by atoms with Gasteiger partial charge in [-0.3, -0.25) is 14.5 Å². The zero-order chi connectivity index (χ0) is 9.30. The summed E-state index contributed by atoms with van der Waals surface area (Å²) < 4.78 is 0. The average molecular weight is 173 g/mol. The van der Waals surface area contributed by atoms with Crippen LogP contribution in [0.1, 0.15) is 0 Å². The fraction of sp³-hybridized carbons (Fsp3) is 0.500. The first-order valence-corrected chi connectivity index (χ1v) is 3.25. The van der Waals surface area contributed by atoms with Crippen molar-refractivity contribution in [2.24, 2.45) is 5.92 Å². The van der Waals surface area contributed by atoms with E-state index < -0.39 is 23.8 Å². The second kappa shape index (κ2) is 2.80. The molecule has 0 aliphatic carbocycles. The van der Waals surface area contributed by atoms with Crippen molar-refractivity contribution in [2.45, 2.75) is 0 Å². The van der Waals surface area contributed by atoms with E-state index >= 15 is 0 Å². The molecule has 0 aromatic heterocycles. The zero-order valence-corrected chi connectivity index (χ0v) is 6.06. The summed E-state index contributed by atoms with van der Waals surface area (Å²) >= 11 is 0. The molecule has 1 aliphatic heterocycles. The number of carbonyl (C=O) groups excluding carboxylic acids is 1. The van der Waals surface area contributed by atoms with Gasteiger partial charge in [0.25, 0.3) is 0 Å². The molecule has 1 heterocycles. The Labute approximate surface area is 67.4 Å². The Morgan fingerprint density at radius 1 is 1.42 bits per heavy atom. The second-order valence-electron chi connectivity index (χ2n) is 2.52. The van der Waals surface area contributed by atoms with Crippen molar-refractivity contribution in [3.63, 3.8) is 0 Å². The van der Waals surface area contributed by atoms with Crippen LogP contribution in [0.4, 0.5) is 4.79 Å². The molecule has 6 heteroatoms. The predicted molar refractivity (Wildman–Crippen MR) is 35.7 cm³/mol. The first-order chi connectivity index (χ1) is 5.52. The van der Waals surface area contributed by atoms with Gasteiger partial charge in [0.05, 0.1) is 6.54 Å². The number of ketones is 1. The number of nitrogens with zero attached hydrogens (tertiary/aromatic N) is 1. The topological polar surface area (TPSA) is 94.9 Å². The third kappa shape index (κ3) is 1.36. The molecule has 0 aromatic rings. The number of carbonyl (C=O) groups is 3. The van der Waals surface area contributed by atoms with E-state index in [1.807, 2.05) is 0 Å². The summed E-state index contributed by atoms with van der Waals surface area (Å²) in [6.45, 7) is -0.546. The Morgan fingerprint density at radius 3 is 2.25 bits per heavy atom. The maximum absolute atomic E-state index is 10.8. The van der Waals surface area contributed by atoms with Crippen LogP contribution in [0.2, 0.25) is 0 Å². The van der Waals surface area contributed by atoms with Crippen LogP contribution in [0.3, 0.4) is 0 Å². The smallest absolute Gasteiger partial charge is 0.407 e. The highest BCUT2D eigenvalue weighted by molar-refractivity contribution is 6.02. The molecule has 1 unspecified atom stereocenters. The molecule has 1 fully saturated rings. The van der Waals surface area contributed by atoms with Crippen molar-refractivity contribution in [2.75, 3.05) is 13.1 Å². The molecular weight excluding hydrogens is 166 g/mol. The van der Waals surface area contributed by atoms with Crippen molar-refractivity contribution in [3.05, 3.63) is 0 Å². The van der Waals surface area contributed by atoms with Crippen molar-refractivity contribution in [3.8, 4) is 0 Å². The summed E-state index contributed by atoms with van der Waals surface area (Å²) in [7, 11) is 0. The third-order valence-electron chi connectivity index (χ3n) is 1.71. The molecule has 6 nitrogen and oxygen atoms in total. The molecule has 0 saturated carbocycles. The summed E-state index contributed by atoms with van der Waals surface area (Å²) in [6.07, 6.45) is -1.26. The van der Waals surface area contributed by atoms with Crippen LogP contribution < -0.4 is 0 Å². The van der Waals surface area contributed by atoms with Gasteiger partial charge in [-0.05, 0) is 0 Å². The average Bonchev–Trinajstić information content (AvgIpc) is 2.30. The number of carboxylic acids is 1. The fourth-order valence-electron chi connectivity index (χ4n) is 1.05. The molecule has 1 rings (SSSR count). The van der Waals surface area contributed by atoms with E-state index in [4.69, 9.17) is 10.2 Å².